The largest absolute Gasteiger partial charge is 0.342 e. The molecule has 3 nitrogen and oxygen atoms in total. The van der Waals surface area contributed by atoms with Gasteiger partial charge in [-0.05, 0) is 30.5 Å². The van der Waals surface area contributed by atoms with E-state index < -0.39 is 11.6 Å². The maximum absolute atomic E-state index is 13.6. The van der Waals surface area contributed by atoms with E-state index in [1.807, 2.05) is 20.8 Å². The molecule has 0 bridgehead atoms. The van der Waals surface area contributed by atoms with Crippen LogP contribution in [0.1, 0.15) is 26.3 Å². The van der Waals surface area contributed by atoms with Gasteiger partial charge in [-0.3, -0.25) is 4.79 Å². The summed E-state index contributed by atoms with van der Waals surface area (Å²) in [7, 11) is 0. The van der Waals surface area contributed by atoms with Crippen molar-refractivity contribution in [2.24, 2.45) is 11.1 Å². The number of likely N-dealkylation sites (N-methyl/N-ethyl adjacent to an activating group) is 1. The predicted octanol–water partition coefficient (Wildman–Crippen LogP) is 2.34. The molecule has 0 radical (unpaired) electrons. The zero-order valence-electron chi connectivity index (χ0n) is 12.2. The van der Waals surface area contributed by atoms with Crippen molar-refractivity contribution < 1.29 is 13.6 Å². The SMILES string of the molecule is CCN(CC(C)(C)CN)C(=O)Cc1ccc(F)cc1F. The summed E-state index contributed by atoms with van der Waals surface area (Å²) in [6.45, 7) is 7.32. The van der Waals surface area contributed by atoms with E-state index in [0.717, 1.165) is 12.1 Å². The van der Waals surface area contributed by atoms with Crippen LogP contribution in [0.5, 0.6) is 0 Å². The van der Waals surface area contributed by atoms with Gasteiger partial charge in [-0.2, -0.15) is 0 Å². The quantitative estimate of drug-likeness (QED) is 0.871. The maximum atomic E-state index is 13.6. The Hall–Kier alpha value is -1.49. The van der Waals surface area contributed by atoms with E-state index in [1.165, 1.54) is 6.07 Å². The van der Waals surface area contributed by atoms with Crippen molar-refractivity contribution in [2.45, 2.75) is 27.2 Å². The Balaban J connectivity index is 2.77. The third kappa shape index (κ3) is 4.56. The number of nitrogens with two attached hydrogens (primary N) is 1. The Morgan fingerprint density at radius 1 is 1.35 bits per heavy atom. The summed E-state index contributed by atoms with van der Waals surface area (Å²) in [6.07, 6.45) is -0.0688. The minimum Gasteiger partial charge on any atom is -0.342 e. The van der Waals surface area contributed by atoms with Gasteiger partial charge in [0.15, 0.2) is 0 Å². The van der Waals surface area contributed by atoms with Crippen LogP contribution in [0.3, 0.4) is 0 Å². The smallest absolute Gasteiger partial charge is 0.227 e. The van der Waals surface area contributed by atoms with E-state index in [-0.39, 0.29) is 23.3 Å². The zero-order valence-corrected chi connectivity index (χ0v) is 12.2. The van der Waals surface area contributed by atoms with Gasteiger partial charge in [0, 0.05) is 19.2 Å². The molecule has 1 aromatic rings. The molecule has 0 saturated carbocycles. The van der Waals surface area contributed by atoms with E-state index in [1.54, 1.807) is 4.90 Å². The van der Waals surface area contributed by atoms with Gasteiger partial charge in [0.25, 0.3) is 0 Å². The third-order valence-electron chi connectivity index (χ3n) is 3.26. The number of benzene rings is 1. The van der Waals surface area contributed by atoms with Gasteiger partial charge in [0.05, 0.1) is 6.42 Å². The zero-order chi connectivity index (χ0) is 15.3. The van der Waals surface area contributed by atoms with Crippen molar-refractivity contribution in [1.29, 1.82) is 0 Å². The molecule has 0 aliphatic rings. The Bertz CT molecular complexity index is 475. The Morgan fingerprint density at radius 2 is 2.00 bits per heavy atom. The fraction of sp³-hybridized carbons (Fsp3) is 0.533. The lowest BCUT2D eigenvalue weighted by Crippen LogP contribution is -2.42. The summed E-state index contributed by atoms with van der Waals surface area (Å²) in [6, 6.07) is 3.26. The second kappa shape index (κ2) is 6.79. The van der Waals surface area contributed by atoms with E-state index in [0.29, 0.717) is 19.6 Å². The fourth-order valence-electron chi connectivity index (χ4n) is 1.90. The highest BCUT2D eigenvalue weighted by Gasteiger charge is 2.23. The highest BCUT2D eigenvalue weighted by molar-refractivity contribution is 5.78. The van der Waals surface area contributed by atoms with Crippen molar-refractivity contribution in [3.8, 4) is 0 Å². The van der Waals surface area contributed by atoms with E-state index >= 15 is 0 Å². The summed E-state index contributed by atoms with van der Waals surface area (Å²) in [5.41, 5.74) is 5.68. The van der Waals surface area contributed by atoms with E-state index in [9.17, 15) is 13.6 Å². The minimum atomic E-state index is -0.688. The lowest BCUT2D eigenvalue weighted by molar-refractivity contribution is -0.131. The van der Waals surface area contributed by atoms with Gasteiger partial charge in [-0.25, -0.2) is 8.78 Å². The van der Waals surface area contributed by atoms with Crippen LogP contribution in [0.2, 0.25) is 0 Å². The Labute approximate surface area is 118 Å². The number of carbonyl (C=O) groups excluding carboxylic acids is 1. The first-order valence-electron chi connectivity index (χ1n) is 6.71. The maximum Gasteiger partial charge on any atom is 0.227 e. The second-order valence-electron chi connectivity index (χ2n) is 5.69. The van der Waals surface area contributed by atoms with Crippen LogP contribution in [0.25, 0.3) is 0 Å². The van der Waals surface area contributed by atoms with Crippen molar-refractivity contribution in [3.63, 3.8) is 0 Å². The van der Waals surface area contributed by atoms with Gasteiger partial charge in [-0.15, -0.1) is 0 Å². The average Bonchev–Trinajstić information content (AvgIpc) is 2.39. The average molecular weight is 284 g/mol. The van der Waals surface area contributed by atoms with Crippen molar-refractivity contribution in [3.05, 3.63) is 35.4 Å². The molecule has 0 heterocycles. The molecule has 0 unspecified atom stereocenters. The van der Waals surface area contributed by atoms with Crippen LogP contribution in [0.15, 0.2) is 18.2 Å². The van der Waals surface area contributed by atoms with Gasteiger partial charge < -0.3 is 10.6 Å². The van der Waals surface area contributed by atoms with Crippen LogP contribution in [0.4, 0.5) is 8.78 Å². The normalized spacial score (nSPS) is 11.5. The number of rotatable bonds is 6. The summed E-state index contributed by atoms with van der Waals surface area (Å²) in [5, 5.41) is 0. The first-order valence-corrected chi connectivity index (χ1v) is 6.71. The molecule has 5 heteroatoms. The van der Waals surface area contributed by atoms with Crippen molar-refractivity contribution in [1.82, 2.24) is 4.90 Å². The number of carbonyl (C=O) groups is 1. The number of nitrogens with zero attached hydrogens (tertiary/aromatic N) is 1. The Kier molecular flexibility index (Phi) is 5.62. The van der Waals surface area contributed by atoms with Gasteiger partial charge in [-0.1, -0.05) is 19.9 Å². The highest BCUT2D eigenvalue weighted by Crippen LogP contribution is 2.17. The molecule has 0 saturated heterocycles. The molecule has 1 aromatic carbocycles. The lowest BCUT2D eigenvalue weighted by Gasteiger charge is -2.31. The lowest BCUT2D eigenvalue weighted by atomic mass is 9.93. The van der Waals surface area contributed by atoms with Gasteiger partial charge >= 0.3 is 0 Å². The first-order chi connectivity index (χ1) is 9.29. The fourth-order valence-corrected chi connectivity index (χ4v) is 1.90. The van der Waals surface area contributed by atoms with Gasteiger partial charge in [0.1, 0.15) is 11.6 Å². The van der Waals surface area contributed by atoms with Gasteiger partial charge in [0.2, 0.25) is 5.91 Å². The summed E-state index contributed by atoms with van der Waals surface area (Å²) in [4.78, 5) is 13.8. The van der Waals surface area contributed by atoms with Crippen molar-refractivity contribution in [2.75, 3.05) is 19.6 Å². The molecule has 20 heavy (non-hydrogen) atoms. The molecule has 0 aliphatic heterocycles. The molecule has 2 N–H and O–H groups in total. The number of halogens is 2. The second-order valence-corrected chi connectivity index (χ2v) is 5.69. The molecular formula is C15H22F2N2O. The molecular weight excluding hydrogens is 262 g/mol. The Morgan fingerprint density at radius 3 is 2.50 bits per heavy atom. The molecule has 0 aromatic heterocycles. The molecule has 0 spiro atoms. The molecule has 112 valence electrons. The molecule has 0 aliphatic carbocycles. The summed E-state index contributed by atoms with van der Waals surface area (Å²) >= 11 is 0. The highest BCUT2D eigenvalue weighted by atomic mass is 19.1. The number of hydrogen-bond acceptors (Lipinski definition) is 2. The summed E-state index contributed by atoms with van der Waals surface area (Å²) < 4.78 is 26.4. The standard InChI is InChI=1S/C15H22F2N2O/c1-4-19(10-15(2,3)9-18)14(20)7-11-5-6-12(16)8-13(11)17/h5-6,8H,4,7,9-10,18H2,1-3H3. The molecule has 0 atom stereocenters. The van der Waals surface area contributed by atoms with Crippen LogP contribution < -0.4 is 5.73 Å². The number of amides is 1. The van der Waals surface area contributed by atoms with Crippen molar-refractivity contribution >= 4 is 5.91 Å². The van der Waals surface area contributed by atoms with E-state index in [2.05, 4.69) is 0 Å². The summed E-state index contributed by atoms with van der Waals surface area (Å²) in [5.74, 6) is -1.51. The van der Waals surface area contributed by atoms with Crippen LogP contribution >= 0.6 is 0 Å². The topological polar surface area (TPSA) is 46.3 Å². The minimum absolute atomic E-state index is 0.0688. The monoisotopic (exact) mass is 284 g/mol. The van der Waals surface area contributed by atoms with Crippen LogP contribution in [-0.4, -0.2) is 30.4 Å². The van der Waals surface area contributed by atoms with Crippen LogP contribution in [-0.2, 0) is 11.2 Å². The molecule has 1 rings (SSSR count). The van der Waals surface area contributed by atoms with Crippen LogP contribution in [0, 0.1) is 17.0 Å². The molecule has 1 amide bonds. The molecule has 0 fully saturated rings. The van der Waals surface area contributed by atoms with E-state index in [4.69, 9.17) is 5.73 Å². The predicted molar refractivity (Wildman–Crippen MR) is 75.2 cm³/mol. The third-order valence-corrected chi connectivity index (χ3v) is 3.26. The number of hydrogen-bond donors (Lipinski definition) is 1. The first kappa shape index (κ1) is 16.6.